The molecule has 0 spiro atoms. The van der Waals surface area contributed by atoms with E-state index in [-0.39, 0.29) is 10.9 Å². The monoisotopic (exact) mass is 296 g/mol. The molecule has 1 aromatic carbocycles. The van der Waals surface area contributed by atoms with Gasteiger partial charge in [0.05, 0.1) is 16.5 Å². The summed E-state index contributed by atoms with van der Waals surface area (Å²) >= 11 is 1.77. The van der Waals surface area contributed by atoms with Crippen LogP contribution in [-0.4, -0.2) is 26.0 Å². The van der Waals surface area contributed by atoms with Gasteiger partial charge in [0.1, 0.15) is 0 Å². The van der Waals surface area contributed by atoms with E-state index in [1.807, 2.05) is 6.07 Å². The smallest absolute Gasteiger partial charge is 0.207 e. The highest BCUT2D eigenvalue weighted by molar-refractivity contribution is 7.99. The number of sulfonamides is 1. The van der Waals surface area contributed by atoms with Gasteiger partial charge in [0.15, 0.2) is 0 Å². The van der Waals surface area contributed by atoms with Crippen molar-refractivity contribution in [1.82, 2.24) is 4.72 Å². The summed E-state index contributed by atoms with van der Waals surface area (Å²) in [4.78, 5) is 0.210. The molecule has 1 aromatic rings. The summed E-state index contributed by atoms with van der Waals surface area (Å²) in [6.07, 6.45) is 1.91. The Morgan fingerprint density at radius 1 is 1.47 bits per heavy atom. The van der Waals surface area contributed by atoms with Gasteiger partial charge in [0, 0.05) is 11.8 Å². The molecule has 0 amide bonds. The van der Waals surface area contributed by atoms with E-state index in [0.29, 0.717) is 11.1 Å². The molecule has 1 unspecified atom stereocenters. The number of nitrogens with zero attached hydrogens (tertiary/aromatic N) is 1. The summed E-state index contributed by atoms with van der Waals surface area (Å²) < 4.78 is 27.5. The molecule has 1 aliphatic rings. The highest BCUT2D eigenvalue weighted by atomic mass is 32.2. The Morgan fingerprint density at radius 3 is 2.89 bits per heavy atom. The molecule has 1 saturated heterocycles. The molecular weight excluding hydrogens is 280 g/mol. The van der Waals surface area contributed by atoms with Gasteiger partial charge in [-0.05, 0) is 43.2 Å². The van der Waals surface area contributed by atoms with Crippen molar-refractivity contribution in [2.24, 2.45) is 0 Å². The molecule has 19 heavy (non-hydrogen) atoms. The van der Waals surface area contributed by atoms with Crippen molar-refractivity contribution < 1.29 is 8.42 Å². The number of hydrogen-bond acceptors (Lipinski definition) is 4. The Morgan fingerprint density at radius 2 is 2.26 bits per heavy atom. The summed E-state index contributed by atoms with van der Waals surface area (Å²) in [5.74, 6) is 1.91. The normalized spacial score (nSPS) is 19.9. The number of aryl methyl sites for hydroxylation is 1. The van der Waals surface area contributed by atoms with Gasteiger partial charge in [0.2, 0.25) is 10.0 Å². The molecule has 1 heterocycles. The molecule has 0 aliphatic carbocycles. The van der Waals surface area contributed by atoms with Crippen LogP contribution in [0.5, 0.6) is 0 Å². The van der Waals surface area contributed by atoms with Crippen molar-refractivity contribution in [3.05, 3.63) is 29.3 Å². The molecule has 1 aliphatic heterocycles. The van der Waals surface area contributed by atoms with Crippen LogP contribution in [0.3, 0.4) is 0 Å². The topological polar surface area (TPSA) is 70.0 Å². The minimum absolute atomic E-state index is 0.00566. The van der Waals surface area contributed by atoms with Crippen molar-refractivity contribution in [2.45, 2.75) is 30.7 Å². The van der Waals surface area contributed by atoms with E-state index in [1.165, 1.54) is 6.07 Å². The fraction of sp³-hybridized carbons (Fsp3) is 0.462. The van der Waals surface area contributed by atoms with Crippen molar-refractivity contribution in [2.75, 3.05) is 11.5 Å². The van der Waals surface area contributed by atoms with E-state index in [9.17, 15) is 8.42 Å². The molecule has 0 aromatic heterocycles. The number of hydrogen-bond donors (Lipinski definition) is 1. The molecular formula is C13H16N2O2S2. The third-order valence-corrected chi connectivity index (χ3v) is 5.97. The largest absolute Gasteiger partial charge is 0.241 e. The lowest BCUT2D eigenvalue weighted by Crippen LogP contribution is -2.38. The second kappa shape index (κ2) is 5.95. The van der Waals surface area contributed by atoms with Gasteiger partial charge in [-0.25, -0.2) is 13.1 Å². The SMILES string of the molecule is Cc1ccc(C#N)cc1S(=O)(=O)NC1CCCSC1. The number of thioether (sulfide) groups is 1. The van der Waals surface area contributed by atoms with Crippen molar-refractivity contribution in [3.63, 3.8) is 0 Å². The van der Waals surface area contributed by atoms with Crippen molar-refractivity contribution >= 4 is 21.8 Å². The maximum atomic E-state index is 12.4. The summed E-state index contributed by atoms with van der Waals surface area (Å²) in [6, 6.07) is 6.71. The van der Waals surface area contributed by atoms with Crippen LogP contribution in [0, 0.1) is 18.3 Å². The molecule has 1 N–H and O–H groups in total. The molecule has 0 radical (unpaired) electrons. The fourth-order valence-corrected chi connectivity index (χ4v) is 4.79. The van der Waals surface area contributed by atoms with E-state index in [4.69, 9.17) is 5.26 Å². The molecule has 1 atom stereocenters. The van der Waals surface area contributed by atoms with Crippen molar-refractivity contribution in [3.8, 4) is 6.07 Å². The van der Waals surface area contributed by atoms with Crippen LogP contribution in [0.1, 0.15) is 24.0 Å². The summed E-state index contributed by atoms with van der Waals surface area (Å²) in [7, 11) is -3.54. The Kier molecular flexibility index (Phi) is 4.50. The zero-order chi connectivity index (χ0) is 13.9. The maximum Gasteiger partial charge on any atom is 0.241 e. The Balaban J connectivity index is 2.26. The molecule has 6 heteroatoms. The predicted octanol–water partition coefficient (Wildman–Crippen LogP) is 2.04. The Labute approximate surface area is 118 Å². The molecule has 0 bridgehead atoms. The number of benzene rings is 1. The molecule has 0 saturated carbocycles. The highest BCUT2D eigenvalue weighted by Crippen LogP contribution is 2.21. The minimum atomic E-state index is -3.54. The summed E-state index contributed by atoms with van der Waals surface area (Å²) in [6.45, 7) is 1.74. The second-order valence-electron chi connectivity index (χ2n) is 4.63. The molecule has 102 valence electrons. The molecule has 4 nitrogen and oxygen atoms in total. The summed E-state index contributed by atoms with van der Waals surface area (Å²) in [5.41, 5.74) is 1.03. The zero-order valence-electron chi connectivity index (χ0n) is 10.7. The quantitative estimate of drug-likeness (QED) is 0.926. The number of nitriles is 1. The van der Waals surface area contributed by atoms with Crippen LogP contribution in [0.25, 0.3) is 0 Å². The van der Waals surface area contributed by atoms with E-state index in [2.05, 4.69) is 4.72 Å². The standard InChI is InChI=1S/C13H16N2O2S2/c1-10-4-5-11(8-14)7-13(10)19(16,17)15-12-3-2-6-18-9-12/h4-5,7,12,15H,2-3,6,9H2,1H3. The average Bonchev–Trinajstić information content (AvgIpc) is 2.39. The van der Waals surface area contributed by atoms with Gasteiger partial charge >= 0.3 is 0 Å². The average molecular weight is 296 g/mol. The van der Waals surface area contributed by atoms with E-state index in [0.717, 1.165) is 24.3 Å². The van der Waals surface area contributed by atoms with Crippen LogP contribution in [0.2, 0.25) is 0 Å². The lowest BCUT2D eigenvalue weighted by molar-refractivity contribution is 0.542. The van der Waals surface area contributed by atoms with Gasteiger partial charge in [0.25, 0.3) is 0 Å². The third-order valence-electron chi connectivity index (χ3n) is 3.09. The van der Waals surface area contributed by atoms with Crippen LogP contribution in [-0.2, 0) is 10.0 Å². The zero-order valence-corrected chi connectivity index (χ0v) is 12.4. The van der Waals surface area contributed by atoms with E-state index >= 15 is 0 Å². The Bertz CT molecular complexity index is 600. The first kappa shape index (κ1) is 14.4. The van der Waals surface area contributed by atoms with Gasteiger partial charge in [-0.3, -0.25) is 0 Å². The van der Waals surface area contributed by atoms with Gasteiger partial charge in [-0.2, -0.15) is 17.0 Å². The highest BCUT2D eigenvalue weighted by Gasteiger charge is 2.23. The first-order valence-electron chi connectivity index (χ1n) is 6.14. The van der Waals surface area contributed by atoms with Crippen LogP contribution < -0.4 is 4.72 Å². The van der Waals surface area contributed by atoms with Crippen LogP contribution in [0.15, 0.2) is 23.1 Å². The number of nitrogens with one attached hydrogen (secondary N) is 1. The van der Waals surface area contributed by atoms with Gasteiger partial charge < -0.3 is 0 Å². The minimum Gasteiger partial charge on any atom is -0.207 e. The van der Waals surface area contributed by atoms with Gasteiger partial charge in [-0.1, -0.05) is 6.07 Å². The number of rotatable bonds is 3. The lowest BCUT2D eigenvalue weighted by Gasteiger charge is -2.22. The third kappa shape index (κ3) is 3.50. The fourth-order valence-electron chi connectivity index (χ4n) is 2.08. The molecule has 2 rings (SSSR count). The first-order chi connectivity index (χ1) is 9.03. The van der Waals surface area contributed by atoms with Crippen molar-refractivity contribution in [1.29, 1.82) is 5.26 Å². The van der Waals surface area contributed by atoms with Crippen LogP contribution in [0.4, 0.5) is 0 Å². The molecule has 1 fully saturated rings. The summed E-state index contributed by atoms with van der Waals surface area (Å²) in [5, 5.41) is 8.87. The predicted molar refractivity (Wildman–Crippen MR) is 76.6 cm³/mol. The van der Waals surface area contributed by atoms with Crippen LogP contribution >= 0.6 is 11.8 Å². The second-order valence-corrected chi connectivity index (χ2v) is 7.46. The van der Waals surface area contributed by atoms with Gasteiger partial charge in [-0.15, -0.1) is 0 Å². The first-order valence-corrected chi connectivity index (χ1v) is 8.77. The Hall–Kier alpha value is -1.03. The van der Waals surface area contributed by atoms with E-state index < -0.39 is 10.0 Å². The maximum absolute atomic E-state index is 12.4. The lowest BCUT2D eigenvalue weighted by atomic mass is 10.2. The van der Waals surface area contributed by atoms with E-state index in [1.54, 1.807) is 30.8 Å².